The third kappa shape index (κ3) is 11.5. The van der Waals surface area contributed by atoms with Crippen molar-refractivity contribution in [3.63, 3.8) is 0 Å². The van der Waals surface area contributed by atoms with Crippen LogP contribution >= 0.6 is 11.6 Å². The predicted molar refractivity (Wildman–Crippen MR) is 235 cm³/mol. The lowest BCUT2D eigenvalue weighted by atomic mass is 10.1. The molecule has 15 heteroatoms. The van der Waals surface area contributed by atoms with Crippen LogP contribution in [0.5, 0.6) is 11.5 Å². The Morgan fingerprint density at radius 2 is 1.16 bits per heavy atom. The number of ether oxygens (including phenoxy) is 5. The van der Waals surface area contributed by atoms with E-state index in [9.17, 15) is 10.5 Å². The van der Waals surface area contributed by atoms with Gasteiger partial charge in [0.15, 0.2) is 0 Å². The Morgan fingerprint density at radius 3 is 1.65 bits per heavy atom. The molecule has 6 aromatic rings. The van der Waals surface area contributed by atoms with Gasteiger partial charge in [0.25, 0.3) is 0 Å². The van der Waals surface area contributed by atoms with Crippen LogP contribution in [0.15, 0.2) is 97.8 Å². The first kappa shape index (κ1) is 43.1. The van der Waals surface area contributed by atoms with E-state index in [1.807, 2.05) is 67.0 Å². The van der Waals surface area contributed by atoms with Crippen molar-refractivity contribution in [3.8, 4) is 46.2 Å². The number of pyridine rings is 2. The average molecular weight is 864 g/mol. The fraction of sp³-hybridized carbons (Fsp3) is 0.333. The van der Waals surface area contributed by atoms with Crippen LogP contribution in [-0.2, 0) is 27.1 Å². The zero-order chi connectivity index (χ0) is 43.4. The molecule has 0 unspecified atom stereocenters. The third-order valence-corrected chi connectivity index (χ3v) is 11.1. The second-order valence-corrected chi connectivity index (χ2v) is 15.8. The molecule has 0 N–H and O–H groups in total. The molecule has 14 nitrogen and oxygen atoms in total. The molecule has 0 radical (unpaired) electrons. The molecule has 0 aliphatic carbocycles. The van der Waals surface area contributed by atoms with Crippen molar-refractivity contribution in [1.82, 2.24) is 29.9 Å². The number of anilines is 1. The van der Waals surface area contributed by atoms with Crippen LogP contribution in [0.1, 0.15) is 59.6 Å². The minimum absolute atomic E-state index is 0.0818. The van der Waals surface area contributed by atoms with Crippen LogP contribution in [0, 0.1) is 22.7 Å². The molecule has 3 saturated heterocycles. The van der Waals surface area contributed by atoms with Gasteiger partial charge in [0, 0.05) is 101 Å². The molecule has 3 fully saturated rings. The first-order valence-electron chi connectivity index (χ1n) is 21.0. The number of halogens is 1. The van der Waals surface area contributed by atoms with Gasteiger partial charge < -0.3 is 28.6 Å². The first-order chi connectivity index (χ1) is 30.9. The first-order valence-corrected chi connectivity index (χ1v) is 21.3. The number of rotatable bonds is 12. The summed E-state index contributed by atoms with van der Waals surface area (Å²) in [6, 6.07) is 23.4. The van der Waals surface area contributed by atoms with Gasteiger partial charge in [-0.25, -0.2) is 19.9 Å². The number of benzene rings is 2. The molecule has 0 spiro atoms. The minimum Gasteiger partial charge on any atom is -0.489 e. The van der Waals surface area contributed by atoms with E-state index in [2.05, 4.69) is 48.0 Å². The smallest absolute Gasteiger partial charge is 0.137 e. The van der Waals surface area contributed by atoms with Gasteiger partial charge in [-0.1, -0.05) is 11.6 Å². The van der Waals surface area contributed by atoms with Gasteiger partial charge in [-0.15, -0.1) is 0 Å². The Kier molecular flexibility index (Phi) is 14.4. The highest BCUT2D eigenvalue weighted by Crippen LogP contribution is 2.30. The Morgan fingerprint density at radius 1 is 0.651 bits per heavy atom. The maximum Gasteiger partial charge on any atom is 0.137 e. The van der Waals surface area contributed by atoms with Crippen molar-refractivity contribution in [2.45, 2.75) is 56.8 Å². The molecular weight excluding hydrogens is 818 g/mol. The predicted octanol–water partition coefficient (Wildman–Crippen LogP) is 7.61. The summed E-state index contributed by atoms with van der Waals surface area (Å²) in [5.74, 6) is 2.57. The van der Waals surface area contributed by atoms with Crippen LogP contribution < -0.4 is 14.4 Å². The molecule has 2 aromatic carbocycles. The lowest BCUT2D eigenvalue weighted by molar-refractivity contribution is 0.0252. The van der Waals surface area contributed by atoms with E-state index < -0.39 is 0 Å². The Bertz CT molecular complexity index is 2580. The summed E-state index contributed by atoms with van der Waals surface area (Å²) in [5.41, 5.74) is 7.29. The maximum atomic E-state index is 9.69. The van der Waals surface area contributed by atoms with Gasteiger partial charge in [-0.3, -0.25) is 9.97 Å². The van der Waals surface area contributed by atoms with Crippen molar-refractivity contribution in [3.05, 3.63) is 137 Å². The molecule has 4 aromatic heterocycles. The van der Waals surface area contributed by atoms with Crippen molar-refractivity contribution in [2.75, 3.05) is 51.5 Å². The van der Waals surface area contributed by atoms with Crippen LogP contribution in [-0.4, -0.2) is 94.8 Å². The second kappa shape index (κ2) is 21.0. The van der Waals surface area contributed by atoms with E-state index in [0.717, 1.165) is 78.1 Å². The van der Waals surface area contributed by atoms with Crippen molar-refractivity contribution in [2.24, 2.45) is 0 Å². The van der Waals surface area contributed by atoms with Gasteiger partial charge in [0.2, 0.25) is 0 Å². The molecule has 7 heterocycles. The minimum atomic E-state index is 0.0818. The molecular formula is C48H46ClN9O5. The molecule has 63 heavy (non-hydrogen) atoms. The highest BCUT2D eigenvalue weighted by atomic mass is 35.5. The molecule has 0 amide bonds. The van der Waals surface area contributed by atoms with E-state index >= 15 is 0 Å². The summed E-state index contributed by atoms with van der Waals surface area (Å²) in [5, 5.41) is 19.9. The van der Waals surface area contributed by atoms with Gasteiger partial charge >= 0.3 is 0 Å². The maximum absolute atomic E-state index is 9.69. The van der Waals surface area contributed by atoms with E-state index in [1.165, 1.54) is 0 Å². The highest BCUT2D eigenvalue weighted by molar-refractivity contribution is 6.30. The van der Waals surface area contributed by atoms with E-state index in [1.54, 1.807) is 31.9 Å². The topological polar surface area (TPSA) is 174 Å². The normalized spacial score (nSPS) is 15.6. The standard InChI is InChI=1S/C26H27N5O3.C22H19ClN4O2/c1-32-23-16-31(17-23)21-10-18(14-28-15-21)11-26-29-7-4-24(30-26)19-2-3-25(20(12-19)13-27)34-22-5-8-33-9-6-22;23-18-9-15(13-25-14-18)10-22-26-6-3-20(27-22)16-1-2-21(17(11-16)12-24)29-19-4-7-28-8-5-19/h2-4,7,10,12,14-15,22-23H,5-6,8-9,11,16-17H2,1H3;1-3,6,9,11,13-14,19H,4-5,7-8,10H2. The number of nitrogens with zero attached hydrogens (tertiary/aromatic N) is 9. The van der Waals surface area contributed by atoms with Crippen molar-refractivity contribution >= 4 is 17.3 Å². The Balaban J connectivity index is 0.000000175. The fourth-order valence-electron chi connectivity index (χ4n) is 7.45. The molecule has 320 valence electrons. The number of hydrogen-bond donors (Lipinski definition) is 0. The van der Waals surface area contributed by atoms with Crippen LogP contribution in [0.25, 0.3) is 22.5 Å². The molecule has 0 bridgehead atoms. The van der Waals surface area contributed by atoms with E-state index in [0.29, 0.717) is 78.6 Å². The summed E-state index contributed by atoms with van der Waals surface area (Å²) in [7, 11) is 1.74. The lowest BCUT2D eigenvalue weighted by Gasteiger charge is -2.39. The molecule has 0 saturated carbocycles. The van der Waals surface area contributed by atoms with Gasteiger partial charge in [0.05, 0.1) is 72.0 Å². The van der Waals surface area contributed by atoms with Gasteiger partial charge in [-0.05, 0) is 71.8 Å². The quantitative estimate of drug-likeness (QED) is 0.118. The van der Waals surface area contributed by atoms with Gasteiger partial charge in [-0.2, -0.15) is 10.5 Å². The molecule has 3 aliphatic rings. The number of hydrogen-bond acceptors (Lipinski definition) is 14. The SMILES string of the molecule is COC1CN(c2cncc(Cc3nccc(-c4ccc(OC5CCOCC5)c(C#N)c4)n3)c2)C1.N#Cc1cc(-c2ccnc(Cc3cncc(Cl)c3)n2)ccc1OC1CCOCC1. The summed E-state index contributed by atoms with van der Waals surface area (Å²) in [4.78, 5) is 28.9. The van der Waals surface area contributed by atoms with Crippen LogP contribution in [0.2, 0.25) is 5.02 Å². The molecule has 3 aliphatic heterocycles. The second-order valence-electron chi connectivity index (χ2n) is 15.4. The monoisotopic (exact) mass is 863 g/mol. The average Bonchev–Trinajstić information content (AvgIpc) is 3.30. The summed E-state index contributed by atoms with van der Waals surface area (Å²) >= 11 is 6.00. The largest absolute Gasteiger partial charge is 0.489 e. The van der Waals surface area contributed by atoms with Gasteiger partial charge in [0.1, 0.15) is 47.5 Å². The summed E-state index contributed by atoms with van der Waals surface area (Å²) in [6.07, 6.45) is 15.4. The zero-order valence-electron chi connectivity index (χ0n) is 34.9. The van der Waals surface area contributed by atoms with Crippen molar-refractivity contribution < 1.29 is 23.7 Å². The number of nitriles is 2. The number of aromatic nitrogens is 6. The van der Waals surface area contributed by atoms with E-state index in [4.69, 9.17) is 40.3 Å². The van der Waals surface area contributed by atoms with Crippen LogP contribution in [0.4, 0.5) is 5.69 Å². The Labute approximate surface area is 371 Å². The zero-order valence-corrected chi connectivity index (χ0v) is 35.7. The van der Waals surface area contributed by atoms with Crippen molar-refractivity contribution in [1.29, 1.82) is 10.5 Å². The third-order valence-electron chi connectivity index (χ3n) is 10.9. The fourth-order valence-corrected chi connectivity index (χ4v) is 7.65. The summed E-state index contributed by atoms with van der Waals surface area (Å²) in [6.45, 7) is 4.52. The molecule has 9 rings (SSSR count). The van der Waals surface area contributed by atoms with E-state index in [-0.39, 0.29) is 18.3 Å². The molecule has 0 atom stereocenters. The lowest BCUT2D eigenvalue weighted by Crippen LogP contribution is -2.51. The number of methoxy groups -OCH3 is 1. The summed E-state index contributed by atoms with van der Waals surface area (Å²) < 4.78 is 28.2. The Hall–Kier alpha value is -6.55. The highest BCUT2D eigenvalue weighted by Gasteiger charge is 2.27. The van der Waals surface area contributed by atoms with Crippen LogP contribution in [0.3, 0.4) is 0 Å².